The number of ketones is 1. The third-order valence-corrected chi connectivity index (χ3v) is 10.0. The maximum atomic E-state index is 13.5. The Labute approximate surface area is 325 Å². The Balaban J connectivity index is 1.24. The van der Waals surface area contributed by atoms with Crippen molar-refractivity contribution in [3.05, 3.63) is 59.9 Å². The van der Waals surface area contributed by atoms with Crippen molar-refractivity contribution in [1.29, 1.82) is 0 Å². The van der Waals surface area contributed by atoms with Crippen LogP contribution in [0, 0.1) is 11.3 Å². The predicted octanol–water partition coefficient (Wildman–Crippen LogP) is 4.79. The molecule has 5 rings (SSSR count). The van der Waals surface area contributed by atoms with Gasteiger partial charge in [0.1, 0.15) is 23.4 Å². The number of hydrogen-bond acceptors (Lipinski definition) is 11. The van der Waals surface area contributed by atoms with E-state index in [-0.39, 0.29) is 57.3 Å². The summed E-state index contributed by atoms with van der Waals surface area (Å²) in [6, 6.07) is 13.6. The van der Waals surface area contributed by atoms with Crippen molar-refractivity contribution in [2.45, 2.75) is 91.5 Å². The number of hydrogen-bond donors (Lipinski definition) is 5. The number of urea groups is 1. The average Bonchev–Trinajstić information content (AvgIpc) is 3.47. The van der Waals surface area contributed by atoms with Crippen LogP contribution in [0.25, 0.3) is 21.9 Å². The number of benzene rings is 2. The number of carbonyl (C=O) groups is 5. The van der Waals surface area contributed by atoms with Crippen LogP contribution < -0.4 is 22.1 Å². The lowest BCUT2D eigenvalue weighted by atomic mass is 9.64. The fourth-order valence-corrected chi connectivity index (χ4v) is 6.93. The Morgan fingerprint density at radius 1 is 1.04 bits per heavy atom. The molecule has 0 spiro atoms. The summed E-state index contributed by atoms with van der Waals surface area (Å²) in [5.74, 6) is -1.29. The van der Waals surface area contributed by atoms with Crippen LogP contribution >= 0.6 is 0 Å². The highest BCUT2D eigenvalue weighted by Crippen LogP contribution is 2.44. The van der Waals surface area contributed by atoms with Gasteiger partial charge in [-0.15, -0.1) is 0 Å². The lowest BCUT2D eigenvalue weighted by molar-refractivity contribution is -0.167. The molecule has 4 aromatic rings. The SMILES string of the molecule is CCOC(=O)C1(C(=O)C[C@@H](CCCNC(N)=O)C(=O)Nc2ccc(COC(=O)N(CC)Cc3nc4c(N)nc5ccccc5c4n3CC(C)(C)O)cc2)CCC1. The number of nitrogens with zero attached hydrogens (tertiary/aromatic N) is 4. The van der Waals surface area contributed by atoms with E-state index in [0.717, 1.165) is 17.3 Å². The van der Waals surface area contributed by atoms with E-state index in [9.17, 15) is 29.1 Å². The van der Waals surface area contributed by atoms with Crippen LogP contribution in [0.15, 0.2) is 48.5 Å². The van der Waals surface area contributed by atoms with Gasteiger partial charge < -0.3 is 46.1 Å². The minimum Gasteiger partial charge on any atom is -0.465 e. The summed E-state index contributed by atoms with van der Waals surface area (Å²) < 4.78 is 12.8. The van der Waals surface area contributed by atoms with Gasteiger partial charge in [0.05, 0.1) is 36.3 Å². The summed E-state index contributed by atoms with van der Waals surface area (Å²) >= 11 is 0. The first-order chi connectivity index (χ1) is 26.7. The number of aromatic nitrogens is 3. The van der Waals surface area contributed by atoms with Crippen molar-refractivity contribution in [1.82, 2.24) is 24.8 Å². The summed E-state index contributed by atoms with van der Waals surface area (Å²) in [7, 11) is 0. The zero-order valence-electron chi connectivity index (χ0n) is 32.4. The van der Waals surface area contributed by atoms with Crippen LogP contribution in [0.3, 0.4) is 0 Å². The summed E-state index contributed by atoms with van der Waals surface area (Å²) in [5, 5.41) is 17.0. The quantitative estimate of drug-likeness (QED) is 0.0524. The van der Waals surface area contributed by atoms with Crippen LogP contribution in [0.4, 0.5) is 21.1 Å². The number of esters is 1. The molecule has 2 aromatic heterocycles. The van der Waals surface area contributed by atoms with Gasteiger partial charge >= 0.3 is 18.1 Å². The van der Waals surface area contributed by atoms with E-state index in [1.165, 1.54) is 4.90 Å². The van der Waals surface area contributed by atoms with Crippen molar-refractivity contribution in [3.63, 3.8) is 0 Å². The monoisotopic (exact) mass is 772 g/mol. The summed E-state index contributed by atoms with van der Waals surface area (Å²) in [4.78, 5) is 75.0. The second kappa shape index (κ2) is 17.8. The average molecular weight is 773 g/mol. The van der Waals surface area contributed by atoms with E-state index < -0.39 is 40.9 Å². The van der Waals surface area contributed by atoms with Gasteiger partial charge in [-0.3, -0.25) is 14.4 Å². The number of carbonyl (C=O) groups excluding carboxylic acids is 5. The topological polar surface area (TPSA) is 234 Å². The predicted molar refractivity (Wildman–Crippen MR) is 210 cm³/mol. The number of primary amides is 1. The molecule has 1 atom stereocenters. The normalized spacial score (nSPS) is 14.1. The first-order valence-corrected chi connectivity index (χ1v) is 19.0. The third-order valence-electron chi connectivity index (χ3n) is 10.0. The molecule has 4 amide bonds. The van der Waals surface area contributed by atoms with E-state index in [2.05, 4.69) is 15.6 Å². The molecule has 2 aromatic carbocycles. The fraction of sp³-hybridized carbons (Fsp3) is 0.475. The van der Waals surface area contributed by atoms with Crippen LogP contribution in [-0.2, 0) is 43.6 Å². The Hall–Kier alpha value is -5.77. The number of imidazole rings is 1. The van der Waals surface area contributed by atoms with Crippen LogP contribution in [0.2, 0.25) is 0 Å². The number of rotatable bonds is 18. The number of Topliss-reactive ketones (excluding diaryl/α,β-unsaturated/α-hetero) is 1. The highest BCUT2D eigenvalue weighted by atomic mass is 16.6. The van der Waals surface area contributed by atoms with Crippen molar-refractivity contribution < 1.29 is 38.6 Å². The van der Waals surface area contributed by atoms with Gasteiger partial charge in [-0.05, 0) is 77.1 Å². The molecule has 1 aliphatic rings. The fourth-order valence-electron chi connectivity index (χ4n) is 6.93. The van der Waals surface area contributed by atoms with Crippen molar-refractivity contribution >= 4 is 63.2 Å². The highest BCUT2D eigenvalue weighted by molar-refractivity contribution is 6.07. The molecule has 0 unspecified atom stereocenters. The van der Waals surface area contributed by atoms with E-state index in [4.69, 9.17) is 25.9 Å². The third kappa shape index (κ3) is 9.72. The summed E-state index contributed by atoms with van der Waals surface area (Å²) in [5.41, 5.74) is 12.2. The minimum atomic E-state index is -1.22. The van der Waals surface area contributed by atoms with Crippen molar-refractivity contribution in [2.75, 3.05) is 30.7 Å². The molecule has 2 heterocycles. The largest absolute Gasteiger partial charge is 0.465 e. The summed E-state index contributed by atoms with van der Waals surface area (Å²) in [6.45, 7) is 7.82. The zero-order valence-corrected chi connectivity index (χ0v) is 32.4. The molecule has 0 bridgehead atoms. The minimum absolute atomic E-state index is 0.0505. The highest BCUT2D eigenvalue weighted by Gasteiger charge is 2.52. The first-order valence-electron chi connectivity index (χ1n) is 19.0. The Bertz CT molecular complexity index is 2070. The summed E-state index contributed by atoms with van der Waals surface area (Å²) in [6.07, 6.45) is 1.42. The molecule has 56 heavy (non-hydrogen) atoms. The maximum absolute atomic E-state index is 13.5. The standard InChI is InChI=1S/C40H52N8O8/c1-5-47(22-31-46-32-33(48(31)24-39(3,4)54)28-12-7-8-13-29(28)45-34(32)41)38(53)56-23-25-14-16-27(17-15-25)44-35(50)26(11-9-20-43-37(42)52)21-30(49)40(18-10-19-40)36(51)55-6-2/h7-8,12-17,26,54H,5-6,9-11,18-24H2,1-4H3,(H2,41,45)(H,44,50)(H3,42,43,52)/t26-/m1/s1. The molecule has 16 nitrogen and oxygen atoms in total. The van der Waals surface area contributed by atoms with E-state index in [1.54, 1.807) is 45.0 Å². The van der Waals surface area contributed by atoms with E-state index in [0.29, 0.717) is 53.9 Å². The van der Waals surface area contributed by atoms with Gasteiger partial charge in [-0.2, -0.15) is 0 Å². The number of para-hydroxylation sites is 1. The maximum Gasteiger partial charge on any atom is 0.410 e. The number of aliphatic hydroxyl groups is 1. The molecule has 1 aliphatic carbocycles. The van der Waals surface area contributed by atoms with E-state index >= 15 is 0 Å². The lowest BCUT2D eigenvalue weighted by Crippen LogP contribution is -2.47. The van der Waals surface area contributed by atoms with Gasteiger partial charge in [-0.25, -0.2) is 19.6 Å². The number of amides is 4. The number of nitrogen functional groups attached to an aromatic ring is 1. The Morgan fingerprint density at radius 2 is 1.75 bits per heavy atom. The van der Waals surface area contributed by atoms with Crippen molar-refractivity contribution in [2.24, 2.45) is 17.1 Å². The van der Waals surface area contributed by atoms with Crippen molar-refractivity contribution in [3.8, 4) is 0 Å². The number of anilines is 2. The zero-order chi connectivity index (χ0) is 40.6. The van der Waals surface area contributed by atoms with Gasteiger partial charge in [0.15, 0.2) is 11.6 Å². The second-order valence-corrected chi connectivity index (χ2v) is 14.8. The molecule has 7 N–H and O–H groups in total. The molecule has 0 saturated heterocycles. The van der Waals surface area contributed by atoms with Gasteiger partial charge in [0.25, 0.3) is 0 Å². The Morgan fingerprint density at radius 3 is 2.38 bits per heavy atom. The Kier molecular flexibility index (Phi) is 13.2. The molecular formula is C40H52N8O8. The number of ether oxygens (including phenoxy) is 2. The molecule has 0 radical (unpaired) electrons. The molecular weight excluding hydrogens is 720 g/mol. The molecule has 300 valence electrons. The number of nitrogens with one attached hydrogen (secondary N) is 2. The smallest absolute Gasteiger partial charge is 0.410 e. The molecule has 0 aliphatic heterocycles. The van der Waals surface area contributed by atoms with Crippen LogP contribution in [0.1, 0.15) is 77.6 Å². The van der Waals surface area contributed by atoms with Gasteiger partial charge in [-0.1, -0.05) is 36.8 Å². The van der Waals surface area contributed by atoms with Gasteiger partial charge in [0.2, 0.25) is 5.91 Å². The van der Waals surface area contributed by atoms with Crippen LogP contribution in [0.5, 0.6) is 0 Å². The number of nitrogens with two attached hydrogens (primary N) is 2. The molecule has 16 heteroatoms. The number of fused-ring (bicyclic) bond motifs is 3. The second-order valence-electron chi connectivity index (χ2n) is 14.8. The molecule has 1 saturated carbocycles. The molecule has 1 fully saturated rings. The first kappa shape index (κ1) is 41.4. The van der Waals surface area contributed by atoms with Crippen LogP contribution in [-0.4, -0.2) is 79.6 Å². The van der Waals surface area contributed by atoms with E-state index in [1.807, 2.05) is 35.8 Å². The lowest BCUT2D eigenvalue weighted by Gasteiger charge is -2.38. The number of pyridine rings is 1. The van der Waals surface area contributed by atoms with Gasteiger partial charge in [0, 0.05) is 36.5 Å².